The first kappa shape index (κ1) is 21.0. The molecule has 1 aromatic rings. The van der Waals surface area contributed by atoms with Crippen LogP contribution in [-0.2, 0) is 11.3 Å². The van der Waals surface area contributed by atoms with E-state index in [1.165, 1.54) is 19.3 Å². The van der Waals surface area contributed by atoms with Crippen LogP contribution in [0.25, 0.3) is 0 Å². The van der Waals surface area contributed by atoms with Crippen molar-refractivity contribution in [3.05, 3.63) is 23.8 Å². The van der Waals surface area contributed by atoms with Crippen molar-refractivity contribution in [2.24, 2.45) is 17.8 Å². The Morgan fingerprint density at radius 3 is 2.27 bits per heavy atom. The van der Waals surface area contributed by atoms with E-state index in [2.05, 4.69) is 10.6 Å². The maximum Gasteiger partial charge on any atom is 0.322 e. The Labute approximate surface area is 178 Å². The van der Waals surface area contributed by atoms with E-state index >= 15 is 0 Å². The molecule has 0 saturated heterocycles. The summed E-state index contributed by atoms with van der Waals surface area (Å²) in [7, 11) is 5.14. The Balaban J connectivity index is 1.29. The van der Waals surface area contributed by atoms with Crippen LogP contribution in [0.15, 0.2) is 18.2 Å². The first-order chi connectivity index (χ1) is 14.4. The lowest BCUT2D eigenvalue weighted by Crippen LogP contribution is -3.09. The van der Waals surface area contributed by atoms with Gasteiger partial charge in [0.25, 0.3) is 5.91 Å². The van der Waals surface area contributed by atoms with Crippen molar-refractivity contribution < 1.29 is 24.0 Å². The minimum absolute atomic E-state index is 0.0914. The number of ether oxygens (including phenoxy) is 2. The van der Waals surface area contributed by atoms with Crippen molar-refractivity contribution in [1.29, 1.82) is 0 Å². The van der Waals surface area contributed by atoms with Gasteiger partial charge in [-0.15, -0.1) is 0 Å². The Hall–Kier alpha value is -2.28. The zero-order valence-corrected chi connectivity index (χ0v) is 18.3. The van der Waals surface area contributed by atoms with Gasteiger partial charge in [0.05, 0.1) is 26.8 Å². The molecule has 4 bridgehead atoms. The van der Waals surface area contributed by atoms with Gasteiger partial charge in [0.15, 0.2) is 18.0 Å². The molecule has 3 amide bonds. The fourth-order valence-electron chi connectivity index (χ4n) is 6.46. The summed E-state index contributed by atoms with van der Waals surface area (Å²) in [4.78, 5) is 26.0. The van der Waals surface area contributed by atoms with E-state index in [4.69, 9.17) is 9.47 Å². The van der Waals surface area contributed by atoms with Gasteiger partial charge in [-0.25, -0.2) is 4.79 Å². The maximum absolute atomic E-state index is 12.6. The van der Waals surface area contributed by atoms with E-state index in [0.717, 1.165) is 47.5 Å². The third-order valence-corrected chi connectivity index (χ3v) is 7.11. The molecule has 1 unspecified atom stereocenters. The Bertz CT molecular complexity index is 774. The number of carbonyl (C=O) groups is 2. The van der Waals surface area contributed by atoms with E-state index in [-0.39, 0.29) is 24.0 Å². The third-order valence-electron chi connectivity index (χ3n) is 7.11. The largest absolute Gasteiger partial charge is 0.493 e. The number of amides is 3. The molecule has 4 fully saturated rings. The highest BCUT2D eigenvalue weighted by Crippen LogP contribution is 2.55. The van der Waals surface area contributed by atoms with Gasteiger partial charge in [0, 0.05) is 5.54 Å². The molecule has 5 rings (SSSR count). The van der Waals surface area contributed by atoms with Gasteiger partial charge < -0.3 is 19.7 Å². The molecule has 0 radical (unpaired) electrons. The van der Waals surface area contributed by atoms with E-state index in [0.29, 0.717) is 18.0 Å². The number of nitrogens with one attached hydrogen (secondary N) is 3. The third kappa shape index (κ3) is 4.41. The Morgan fingerprint density at radius 1 is 1.07 bits per heavy atom. The van der Waals surface area contributed by atoms with Crippen molar-refractivity contribution >= 4 is 11.9 Å². The number of urea groups is 1. The fraction of sp³-hybridized carbons (Fsp3) is 0.652. The lowest BCUT2D eigenvalue weighted by molar-refractivity contribution is -0.885. The SMILES string of the molecule is COc1cccc(C[NH+](C)CC(=O)NC(=O)NC23CC4CC(CC(C4)C2)C3)c1OC. The monoisotopic (exact) mass is 416 g/mol. The van der Waals surface area contributed by atoms with Crippen LogP contribution in [0.3, 0.4) is 0 Å². The molecule has 4 aliphatic rings. The molecule has 164 valence electrons. The van der Waals surface area contributed by atoms with Crippen LogP contribution in [0, 0.1) is 17.8 Å². The lowest BCUT2D eigenvalue weighted by atomic mass is 9.53. The molecule has 0 aromatic heterocycles. The minimum Gasteiger partial charge on any atom is -0.493 e. The average molecular weight is 417 g/mol. The van der Waals surface area contributed by atoms with Crippen molar-refractivity contribution in [1.82, 2.24) is 10.6 Å². The van der Waals surface area contributed by atoms with Crippen molar-refractivity contribution in [3.8, 4) is 11.5 Å². The first-order valence-corrected chi connectivity index (χ1v) is 11.0. The molecule has 0 aliphatic heterocycles. The lowest BCUT2D eigenvalue weighted by Gasteiger charge is -2.56. The molecule has 0 heterocycles. The first-order valence-electron chi connectivity index (χ1n) is 11.0. The predicted octanol–water partition coefficient (Wildman–Crippen LogP) is 1.51. The van der Waals surface area contributed by atoms with E-state index in [1.807, 2.05) is 25.2 Å². The maximum atomic E-state index is 12.6. The summed E-state index contributed by atoms with van der Waals surface area (Å²) < 4.78 is 10.8. The van der Waals surface area contributed by atoms with Crippen LogP contribution in [0.5, 0.6) is 11.5 Å². The number of hydrogen-bond donors (Lipinski definition) is 3. The molecule has 4 saturated carbocycles. The summed E-state index contributed by atoms with van der Waals surface area (Å²) in [5.41, 5.74) is 0.867. The topological polar surface area (TPSA) is 81.1 Å². The number of quaternary nitrogens is 1. The molecule has 0 spiro atoms. The fourth-order valence-corrected chi connectivity index (χ4v) is 6.46. The van der Waals surface area contributed by atoms with Gasteiger partial charge >= 0.3 is 6.03 Å². The molecular weight excluding hydrogens is 382 g/mol. The van der Waals surface area contributed by atoms with Gasteiger partial charge in [-0.2, -0.15) is 0 Å². The van der Waals surface area contributed by atoms with Gasteiger partial charge in [0.1, 0.15) is 6.54 Å². The van der Waals surface area contributed by atoms with Gasteiger partial charge in [-0.05, 0) is 68.4 Å². The second kappa shape index (κ2) is 8.46. The van der Waals surface area contributed by atoms with E-state index in [9.17, 15) is 9.59 Å². The quantitative estimate of drug-likeness (QED) is 0.630. The number of imide groups is 1. The number of hydrogen-bond acceptors (Lipinski definition) is 4. The minimum atomic E-state index is -0.339. The summed E-state index contributed by atoms with van der Waals surface area (Å²) in [6.07, 6.45) is 7.18. The highest BCUT2D eigenvalue weighted by atomic mass is 16.5. The average Bonchev–Trinajstić information content (AvgIpc) is 2.65. The second-order valence-corrected chi connectivity index (χ2v) is 9.66. The number of methoxy groups -OCH3 is 2. The summed E-state index contributed by atoms with van der Waals surface area (Å²) >= 11 is 0. The van der Waals surface area contributed by atoms with Gasteiger partial charge in [-0.3, -0.25) is 10.1 Å². The normalized spacial score (nSPS) is 29.9. The number of rotatable bonds is 7. The standard InChI is InChI=1S/C23H33N3O4/c1-26(13-18-5-4-6-19(29-2)21(18)30-3)14-20(27)24-22(28)25-23-10-15-7-16(11-23)9-17(8-15)12-23/h4-6,15-17H,7-14H2,1-3H3,(H2,24,25,27,28)/p+1. The number of likely N-dealkylation sites (N-methyl/N-ethyl adjacent to an activating group) is 1. The molecular formula is C23H34N3O4+. The van der Waals surface area contributed by atoms with Crippen LogP contribution in [-0.4, -0.2) is 45.3 Å². The van der Waals surface area contributed by atoms with Crippen molar-refractivity contribution in [3.63, 3.8) is 0 Å². The summed E-state index contributed by atoms with van der Waals surface area (Å²) in [6.45, 7) is 0.791. The molecule has 1 aromatic carbocycles. The van der Waals surface area contributed by atoms with Crippen LogP contribution >= 0.6 is 0 Å². The highest BCUT2D eigenvalue weighted by molar-refractivity contribution is 5.95. The van der Waals surface area contributed by atoms with Crippen molar-refractivity contribution in [2.75, 3.05) is 27.8 Å². The van der Waals surface area contributed by atoms with E-state index in [1.54, 1.807) is 14.2 Å². The van der Waals surface area contributed by atoms with Gasteiger partial charge in [0.2, 0.25) is 0 Å². The van der Waals surface area contributed by atoms with E-state index < -0.39 is 0 Å². The van der Waals surface area contributed by atoms with Crippen LogP contribution in [0.4, 0.5) is 4.79 Å². The van der Waals surface area contributed by atoms with Crippen LogP contribution in [0.1, 0.15) is 44.1 Å². The number of benzene rings is 1. The Kier molecular flexibility index (Phi) is 5.91. The van der Waals surface area contributed by atoms with Crippen LogP contribution < -0.4 is 25.0 Å². The predicted molar refractivity (Wildman–Crippen MR) is 113 cm³/mol. The summed E-state index contributed by atoms with van der Waals surface area (Å²) in [5.74, 6) is 3.33. The molecule has 3 N–H and O–H groups in total. The smallest absolute Gasteiger partial charge is 0.322 e. The van der Waals surface area contributed by atoms with Crippen molar-refractivity contribution in [2.45, 2.75) is 50.6 Å². The molecule has 30 heavy (non-hydrogen) atoms. The highest BCUT2D eigenvalue weighted by Gasteiger charge is 2.51. The zero-order valence-electron chi connectivity index (χ0n) is 18.3. The van der Waals surface area contributed by atoms with Crippen LogP contribution in [0.2, 0.25) is 0 Å². The molecule has 1 atom stereocenters. The zero-order chi connectivity index (χ0) is 21.3. The number of para-hydroxylation sites is 1. The van der Waals surface area contributed by atoms with Gasteiger partial charge in [-0.1, -0.05) is 6.07 Å². The summed E-state index contributed by atoms with van der Waals surface area (Å²) in [6, 6.07) is 5.37. The molecule has 7 heteroatoms. The number of carbonyl (C=O) groups excluding carboxylic acids is 2. The Morgan fingerprint density at radius 2 is 1.70 bits per heavy atom. The second-order valence-electron chi connectivity index (χ2n) is 9.66. The molecule has 4 aliphatic carbocycles. The summed E-state index contributed by atoms with van der Waals surface area (Å²) in [5, 5.41) is 5.75. The molecule has 7 nitrogen and oxygen atoms in total.